The summed E-state index contributed by atoms with van der Waals surface area (Å²) in [5.41, 5.74) is 2.83. The lowest BCUT2D eigenvalue weighted by atomic mass is 10.0. The van der Waals surface area contributed by atoms with Crippen LogP contribution in [-0.4, -0.2) is 54.4 Å². The Kier molecular flexibility index (Phi) is 7.27. The number of nitrogens with zero attached hydrogens (tertiary/aromatic N) is 2. The second kappa shape index (κ2) is 10.3. The summed E-state index contributed by atoms with van der Waals surface area (Å²) in [4.78, 5) is 28.1. The Morgan fingerprint density at radius 3 is 2.69 bits per heavy atom. The van der Waals surface area contributed by atoms with Crippen LogP contribution in [-0.2, 0) is 22.6 Å². The van der Waals surface area contributed by atoms with Gasteiger partial charge < -0.3 is 15.0 Å². The first-order chi connectivity index (χ1) is 15.5. The molecule has 2 heterocycles. The average molecular weight is 460 g/mol. The van der Waals surface area contributed by atoms with E-state index in [1.807, 2.05) is 23.1 Å². The molecule has 2 aromatic rings. The molecule has 0 saturated carbocycles. The van der Waals surface area contributed by atoms with Gasteiger partial charge in [-0.15, -0.1) is 0 Å². The van der Waals surface area contributed by atoms with Crippen molar-refractivity contribution in [3.63, 3.8) is 0 Å². The third kappa shape index (κ3) is 5.78. The second-order valence-electron chi connectivity index (χ2n) is 8.21. The lowest BCUT2D eigenvalue weighted by Crippen LogP contribution is -2.48. The van der Waals surface area contributed by atoms with Crippen molar-refractivity contribution >= 4 is 29.1 Å². The highest BCUT2D eigenvalue weighted by molar-refractivity contribution is 6.31. The number of anilines is 1. The number of carbonyl (C=O) groups is 2. The van der Waals surface area contributed by atoms with Crippen LogP contribution in [0.2, 0.25) is 5.02 Å². The van der Waals surface area contributed by atoms with Gasteiger partial charge in [0, 0.05) is 56.3 Å². The van der Waals surface area contributed by atoms with Crippen molar-refractivity contribution in [2.45, 2.75) is 32.2 Å². The molecule has 0 unspecified atom stereocenters. The van der Waals surface area contributed by atoms with Crippen molar-refractivity contribution in [3.8, 4) is 5.75 Å². The lowest BCUT2D eigenvalue weighted by Gasteiger charge is -2.35. The third-order valence-electron chi connectivity index (χ3n) is 5.91. The second-order valence-corrected chi connectivity index (χ2v) is 8.62. The molecule has 2 aliphatic rings. The van der Waals surface area contributed by atoms with E-state index in [2.05, 4.69) is 10.2 Å². The van der Waals surface area contributed by atoms with Gasteiger partial charge in [-0.05, 0) is 54.3 Å². The van der Waals surface area contributed by atoms with Gasteiger partial charge in [-0.1, -0.05) is 17.7 Å². The number of carbonyl (C=O) groups excluding carboxylic acids is 2. The normalized spacial score (nSPS) is 16.4. The first-order valence-electron chi connectivity index (χ1n) is 11.0. The van der Waals surface area contributed by atoms with E-state index >= 15 is 0 Å². The molecular weight excluding hydrogens is 433 g/mol. The van der Waals surface area contributed by atoms with Gasteiger partial charge in [0.15, 0.2) is 0 Å². The summed E-state index contributed by atoms with van der Waals surface area (Å²) in [6.07, 6.45) is 2.31. The SMILES string of the molecule is O=C1CCc2cc(OCCCC(=O)N3CCN(Cc4ccc(F)cc4Cl)CC3)ccc2N1. The first kappa shape index (κ1) is 22.6. The van der Waals surface area contributed by atoms with Gasteiger partial charge >= 0.3 is 0 Å². The van der Waals surface area contributed by atoms with E-state index in [0.29, 0.717) is 50.5 Å². The topological polar surface area (TPSA) is 61.9 Å². The van der Waals surface area contributed by atoms with E-state index in [1.165, 1.54) is 12.1 Å². The van der Waals surface area contributed by atoms with Crippen LogP contribution >= 0.6 is 11.6 Å². The Hall–Kier alpha value is -2.64. The van der Waals surface area contributed by atoms with Crippen LogP contribution in [0.3, 0.4) is 0 Å². The Bertz CT molecular complexity index is 992. The number of hydrogen-bond acceptors (Lipinski definition) is 4. The van der Waals surface area contributed by atoms with E-state index in [9.17, 15) is 14.0 Å². The highest BCUT2D eigenvalue weighted by atomic mass is 35.5. The summed E-state index contributed by atoms with van der Waals surface area (Å²) >= 11 is 6.12. The smallest absolute Gasteiger partial charge is 0.224 e. The molecule has 32 heavy (non-hydrogen) atoms. The molecule has 2 amide bonds. The van der Waals surface area contributed by atoms with Crippen LogP contribution in [0.5, 0.6) is 5.75 Å². The molecule has 0 spiro atoms. The maximum atomic E-state index is 13.2. The number of piperazine rings is 1. The number of fused-ring (bicyclic) bond motifs is 1. The van der Waals surface area contributed by atoms with E-state index in [0.717, 1.165) is 42.1 Å². The van der Waals surface area contributed by atoms with E-state index in [4.69, 9.17) is 16.3 Å². The van der Waals surface area contributed by atoms with Gasteiger partial charge in [-0.3, -0.25) is 14.5 Å². The molecule has 8 heteroatoms. The Morgan fingerprint density at radius 2 is 1.91 bits per heavy atom. The first-order valence-corrected chi connectivity index (χ1v) is 11.4. The zero-order chi connectivity index (χ0) is 22.5. The number of hydrogen-bond donors (Lipinski definition) is 1. The lowest BCUT2D eigenvalue weighted by molar-refractivity contribution is -0.133. The third-order valence-corrected chi connectivity index (χ3v) is 6.26. The zero-order valence-corrected chi connectivity index (χ0v) is 18.7. The molecule has 2 aliphatic heterocycles. The summed E-state index contributed by atoms with van der Waals surface area (Å²) in [7, 11) is 0. The number of rotatable bonds is 7. The predicted octanol–water partition coefficient (Wildman–Crippen LogP) is 3.87. The summed E-state index contributed by atoms with van der Waals surface area (Å²) < 4.78 is 19.0. The largest absolute Gasteiger partial charge is 0.494 e. The van der Waals surface area contributed by atoms with Crippen molar-refractivity contribution in [1.82, 2.24) is 9.80 Å². The fourth-order valence-corrected chi connectivity index (χ4v) is 4.29. The monoisotopic (exact) mass is 459 g/mol. The quantitative estimate of drug-likeness (QED) is 0.638. The van der Waals surface area contributed by atoms with Crippen molar-refractivity contribution < 1.29 is 18.7 Å². The van der Waals surface area contributed by atoms with Crippen LogP contribution in [0.4, 0.5) is 10.1 Å². The highest BCUT2D eigenvalue weighted by Gasteiger charge is 2.21. The molecule has 4 rings (SSSR count). The minimum atomic E-state index is -0.335. The Balaban J connectivity index is 1.16. The number of halogens is 2. The number of amides is 2. The fourth-order valence-electron chi connectivity index (χ4n) is 4.07. The van der Waals surface area contributed by atoms with E-state index in [-0.39, 0.29) is 17.6 Å². The minimum Gasteiger partial charge on any atom is -0.494 e. The molecule has 0 aromatic heterocycles. The van der Waals surface area contributed by atoms with Crippen LogP contribution in [0.25, 0.3) is 0 Å². The van der Waals surface area contributed by atoms with Crippen LogP contribution in [0, 0.1) is 5.82 Å². The Labute approximate surface area is 192 Å². The van der Waals surface area contributed by atoms with Crippen LogP contribution in [0.15, 0.2) is 36.4 Å². The van der Waals surface area contributed by atoms with Gasteiger partial charge in [-0.2, -0.15) is 0 Å². The highest BCUT2D eigenvalue weighted by Crippen LogP contribution is 2.27. The summed E-state index contributed by atoms with van der Waals surface area (Å²) in [6.45, 7) is 4.01. The molecular formula is C24H27ClFN3O3. The average Bonchev–Trinajstić information content (AvgIpc) is 2.79. The van der Waals surface area contributed by atoms with E-state index in [1.54, 1.807) is 6.07 Å². The van der Waals surface area contributed by atoms with Crippen molar-refractivity contribution in [2.24, 2.45) is 0 Å². The summed E-state index contributed by atoms with van der Waals surface area (Å²) in [5, 5.41) is 3.29. The van der Waals surface area contributed by atoms with Crippen molar-refractivity contribution in [2.75, 3.05) is 38.1 Å². The zero-order valence-electron chi connectivity index (χ0n) is 17.9. The van der Waals surface area contributed by atoms with Gasteiger partial charge in [-0.25, -0.2) is 4.39 Å². The molecule has 170 valence electrons. The van der Waals surface area contributed by atoms with E-state index < -0.39 is 0 Å². The number of ether oxygens (including phenoxy) is 1. The number of benzene rings is 2. The number of aryl methyl sites for hydroxylation is 1. The van der Waals surface area contributed by atoms with Crippen molar-refractivity contribution in [1.29, 1.82) is 0 Å². The van der Waals surface area contributed by atoms with Gasteiger partial charge in [0.25, 0.3) is 0 Å². The molecule has 0 aliphatic carbocycles. The van der Waals surface area contributed by atoms with Gasteiger partial charge in [0.05, 0.1) is 6.61 Å². The van der Waals surface area contributed by atoms with Crippen molar-refractivity contribution in [3.05, 3.63) is 58.4 Å². The summed E-state index contributed by atoms with van der Waals surface area (Å²) in [5.74, 6) is 0.615. The van der Waals surface area contributed by atoms with Gasteiger partial charge in [0.1, 0.15) is 11.6 Å². The summed E-state index contributed by atoms with van der Waals surface area (Å²) in [6, 6.07) is 10.1. The molecule has 6 nitrogen and oxygen atoms in total. The molecule has 0 radical (unpaired) electrons. The molecule has 0 bridgehead atoms. The van der Waals surface area contributed by atoms with Gasteiger partial charge in [0.2, 0.25) is 11.8 Å². The molecule has 1 N–H and O–H groups in total. The molecule has 1 saturated heterocycles. The standard InChI is InChI=1S/C24H27ClFN3O3/c25-21-15-19(26)5-3-18(21)16-28-9-11-29(12-10-28)24(31)2-1-13-32-20-6-7-22-17(14-20)4-8-23(30)27-22/h3,5-7,14-15H,1-2,4,8-13,16H2,(H,27,30). The fraction of sp³-hybridized carbons (Fsp3) is 0.417. The molecule has 2 aromatic carbocycles. The molecule has 0 atom stereocenters. The maximum Gasteiger partial charge on any atom is 0.224 e. The Morgan fingerprint density at radius 1 is 1.09 bits per heavy atom. The minimum absolute atomic E-state index is 0.0461. The predicted molar refractivity (Wildman–Crippen MR) is 121 cm³/mol. The maximum absolute atomic E-state index is 13.2. The molecule has 1 fully saturated rings. The van der Waals surface area contributed by atoms with Crippen LogP contribution < -0.4 is 10.1 Å². The number of nitrogens with one attached hydrogen (secondary N) is 1. The van der Waals surface area contributed by atoms with Crippen LogP contribution in [0.1, 0.15) is 30.4 Å².